The first kappa shape index (κ1) is 17.8. The molecule has 0 saturated carbocycles. The number of nitrogens with two attached hydrogens (primary N) is 1. The van der Waals surface area contributed by atoms with Crippen molar-refractivity contribution in [3.63, 3.8) is 0 Å². The summed E-state index contributed by atoms with van der Waals surface area (Å²) in [5.41, 5.74) is 7.93. The van der Waals surface area contributed by atoms with Crippen LogP contribution in [0.2, 0.25) is 0 Å². The first-order valence-electron chi connectivity index (χ1n) is 8.42. The lowest BCUT2D eigenvalue weighted by molar-refractivity contribution is 0.549. The molecule has 140 valence electrons. The molecule has 4 aromatic rings. The van der Waals surface area contributed by atoms with E-state index in [4.69, 9.17) is 5.73 Å². The third-order valence-corrected chi connectivity index (χ3v) is 4.41. The maximum Gasteiger partial charge on any atom is 0.165 e. The number of hydrogen-bond donors (Lipinski definition) is 1. The molecule has 0 fully saturated rings. The molecule has 0 spiro atoms. The molecule has 0 radical (unpaired) electrons. The number of hydrogen-bond acceptors (Lipinski definition) is 5. The lowest BCUT2D eigenvalue weighted by atomic mass is 10.0. The third-order valence-electron chi connectivity index (χ3n) is 4.41. The maximum atomic E-state index is 14.0. The normalized spacial score (nSPS) is 12.3. The van der Waals surface area contributed by atoms with Crippen molar-refractivity contribution in [2.45, 2.75) is 12.8 Å². The van der Waals surface area contributed by atoms with Crippen molar-refractivity contribution in [2.24, 2.45) is 0 Å². The van der Waals surface area contributed by atoms with Crippen LogP contribution in [0.5, 0.6) is 0 Å². The minimum absolute atomic E-state index is 0.0167. The zero-order valence-electron chi connectivity index (χ0n) is 14.7. The van der Waals surface area contributed by atoms with Gasteiger partial charge in [0.15, 0.2) is 5.65 Å². The van der Waals surface area contributed by atoms with Crippen LogP contribution < -0.4 is 5.73 Å². The fourth-order valence-corrected chi connectivity index (χ4v) is 2.91. The zero-order chi connectivity index (χ0) is 19.8. The van der Waals surface area contributed by atoms with Gasteiger partial charge in [0.25, 0.3) is 0 Å². The zero-order valence-corrected chi connectivity index (χ0v) is 14.7. The molecule has 0 aliphatic carbocycles. The summed E-state index contributed by atoms with van der Waals surface area (Å²) in [6.45, 7) is 1.65. The number of halogens is 3. The van der Waals surface area contributed by atoms with Crippen LogP contribution in [0.3, 0.4) is 0 Å². The van der Waals surface area contributed by atoms with Gasteiger partial charge in [-0.3, -0.25) is 4.98 Å². The maximum absolute atomic E-state index is 14.0. The summed E-state index contributed by atoms with van der Waals surface area (Å²) in [7, 11) is 0. The van der Waals surface area contributed by atoms with Gasteiger partial charge < -0.3 is 5.73 Å². The highest BCUT2D eigenvalue weighted by molar-refractivity contribution is 5.88. The smallest absolute Gasteiger partial charge is 0.165 e. The van der Waals surface area contributed by atoms with Crippen molar-refractivity contribution >= 4 is 16.9 Å². The van der Waals surface area contributed by atoms with Crippen molar-refractivity contribution in [3.8, 4) is 11.1 Å². The highest BCUT2D eigenvalue weighted by atomic mass is 19.1. The van der Waals surface area contributed by atoms with Crippen LogP contribution in [-0.4, -0.2) is 19.9 Å². The topological polar surface area (TPSA) is 77.6 Å². The lowest BCUT2D eigenvalue weighted by Crippen LogP contribution is -2.10. The van der Waals surface area contributed by atoms with Crippen molar-refractivity contribution in [1.82, 2.24) is 19.9 Å². The molecular formula is C20H14F3N5. The minimum Gasteiger partial charge on any atom is -0.383 e. The largest absolute Gasteiger partial charge is 0.383 e. The summed E-state index contributed by atoms with van der Waals surface area (Å²) in [6, 6.07) is 8.50. The van der Waals surface area contributed by atoms with Crippen LogP contribution in [0.4, 0.5) is 19.0 Å². The van der Waals surface area contributed by atoms with Crippen molar-refractivity contribution in [3.05, 3.63) is 77.8 Å². The van der Waals surface area contributed by atoms with Crippen molar-refractivity contribution in [2.75, 3.05) is 5.73 Å². The second-order valence-corrected chi connectivity index (χ2v) is 6.31. The van der Waals surface area contributed by atoms with Crippen LogP contribution >= 0.6 is 0 Å². The van der Waals surface area contributed by atoms with Crippen LogP contribution in [0.15, 0.2) is 48.8 Å². The Balaban J connectivity index is 1.76. The fraction of sp³-hybridized carbons (Fsp3) is 0.100. The van der Waals surface area contributed by atoms with Crippen LogP contribution in [-0.2, 0) is 0 Å². The summed E-state index contributed by atoms with van der Waals surface area (Å²) in [5, 5.41) is 0.519. The Labute approximate surface area is 158 Å². The average Bonchev–Trinajstić information content (AvgIpc) is 2.68. The summed E-state index contributed by atoms with van der Waals surface area (Å²) in [6.07, 6.45) is 2.53. The second kappa shape index (κ2) is 6.88. The van der Waals surface area contributed by atoms with Crippen LogP contribution in [0.25, 0.3) is 22.2 Å². The molecule has 5 nitrogen and oxygen atoms in total. The van der Waals surface area contributed by atoms with Gasteiger partial charge in [0.2, 0.25) is 0 Å². The number of rotatable bonds is 3. The molecule has 0 saturated heterocycles. The van der Waals surface area contributed by atoms with Gasteiger partial charge in [-0.25, -0.2) is 28.1 Å². The molecule has 3 heterocycles. The van der Waals surface area contributed by atoms with Gasteiger partial charge in [-0.1, -0.05) is 12.1 Å². The van der Waals surface area contributed by atoms with Crippen LogP contribution in [0.1, 0.15) is 24.4 Å². The molecule has 0 aliphatic rings. The minimum atomic E-state index is -0.783. The number of nitrogen functional groups attached to an aromatic ring is 1. The third kappa shape index (κ3) is 3.24. The fourth-order valence-electron chi connectivity index (χ4n) is 2.91. The summed E-state index contributed by atoms with van der Waals surface area (Å²) in [5.74, 6) is -2.13. The van der Waals surface area contributed by atoms with E-state index in [-0.39, 0.29) is 23.2 Å². The van der Waals surface area contributed by atoms with Gasteiger partial charge in [-0.2, -0.15) is 0 Å². The van der Waals surface area contributed by atoms with E-state index in [2.05, 4.69) is 19.9 Å². The number of aromatic nitrogens is 4. The molecule has 1 unspecified atom stereocenters. The van der Waals surface area contributed by atoms with Gasteiger partial charge in [-0.05, 0) is 30.7 Å². The van der Waals surface area contributed by atoms with Crippen LogP contribution in [0, 0.1) is 17.5 Å². The van der Waals surface area contributed by atoms with Gasteiger partial charge in [0.1, 0.15) is 29.1 Å². The van der Waals surface area contributed by atoms with E-state index < -0.39 is 17.6 Å². The van der Waals surface area contributed by atoms with E-state index in [0.717, 1.165) is 23.4 Å². The molecule has 0 amide bonds. The van der Waals surface area contributed by atoms with E-state index in [1.165, 1.54) is 12.1 Å². The number of nitrogens with zero attached hydrogens (tertiary/aromatic N) is 4. The van der Waals surface area contributed by atoms with Gasteiger partial charge in [0.05, 0.1) is 23.2 Å². The van der Waals surface area contributed by atoms with Gasteiger partial charge in [-0.15, -0.1) is 0 Å². The van der Waals surface area contributed by atoms with Gasteiger partial charge >= 0.3 is 0 Å². The number of benzene rings is 1. The molecule has 0 aliphatic heterocycles. The first-order valence-corrected chi connectivity index (χ1v) is 8.42. The van der Waals surface area contributed by atoms with Crippen molar-refractivity contribution in [1.29, 1.82) is 0 Å². The molecule has 2 N–H and O–H groups in total. The predicted molar refractivity (Wildman–Crippen MR) is 98.8 cm³/mol. The quantitative estimate of drug-likeness (QED) is 0.574. The number of anilines is 1. The monoisotopic (exact) mass is 381 g/mol. The molecule has 28 heavy (non-hydrogen) atoms. The Hall–Kier alpha value is -3.55. The van der Waals surface area contributed by atoms with E-state index in [1.807, 2.05) is 0 Å². The Kier molecular flexibility index (Phi) is 4.38. The summed E-state index contributed by atoms with van der Waals surface area (Å²) >= 11 is 0. The highest BCUT2D eigenvalue weighted by Gasteiger charge is 2.20. The molecular weight excluding hydrogens is 367 g/mol. The van der Waals surface area contributed by atoms with E-state index in [1.54, 1.807) is 31.3 Å². The molecule has 3 aromatic heterocycles. The number of fused-ring (bicyclic) bond motifs is 1. The molecule has 8 heteroatoms. The standard InChI is InChI=1S/C20H14F3N5/c1-10(17-16(23)7-14(22)9-25-17)19-27-18(24)15-6-12(8-26-20(15)28-19)11-2-4-13(21)5-3-11/h2-10H,1H3,(H2,24,26,27,28). The average molecular weight is 381 g/mol. The van der Waals surface area contributed by atoms with E-state index >= 15 is 0 Å². The SMILES string of the molecule is CC(c1nc(N)c2cc(-c3ccc(F)cc3)cnc2n1)c1ncc(F)cc1F. The highest BCUT2D eigenvalue weighted by Crippen LogP contribution is 2.28. The Morgan fingerprint density at radius 2 is 1.61 bits per heavy atom. The number of pyridine rings is 2. The van der Waals surface area contributed by atoms with Crippen molar-refractivity contribution < 1.29 is 13.2 Å². The second-order valence-electron chi connectivity index (χ2n) is 6.31. The first-order chi connectivity index (χ1) is 13.4. The lowest BCUT2D eigenvalue weighted by Gasteiger charge is -2.12. The van der Waals surface area contributed by atoms with E-state index in [9.17, 15) is 13.2 Å². The summed E-state index contributed by atoms with van der Waals surface area (Å²) in [4.78, 5) is 16.7. The molecule has 4 rings (SSSR count). The summed E-state index contributed by atoms with van der Waals surface area (Å²) < 4.78 is 40.3. The molecule has 0 bridgehead atoms. The van der Waals surface area contributed by atoms with Gasteiger partial charge in [0, 0.05) is 17.8 Å². The Bertz CT molecular complexity index is 1180. The Morgan fingerprint density at radius 3 is 2.32 bits per heavy atom. The predicted octanol–water partition coefficient (Wildman–Crippen LogP) is 4.24. The Morgan fingerprint density at radius 1 is 0.857 bits per heavy atom. The van der Waals surface area contributed by atoms with E-state index in [0.29, 0.717) is 11.0 Å². The molecule has 1 atom stereocenters. The molecule has 1 aromatic carbocycles.